The molecular formula is C32H40ClN3O8. The first-order chi connectivity index (χ1) is 21.2. The number of carbonyl (C=O) groups excluding carboxylic acids is 4. The van der Waals surface area contributed by atoms with Crippen molar-refractivity contribution in [3.63, 3.8) is 0 Å². The Balaban J connectivity index is 1.54. The second kappa shape index (κ2) is 16.0. The Morgan fingerprint density at radius 3 is 2.50 bits per heavy atom. The minimum Gasteiger partial charge on any atom is -0.493 e. The summed E-state index contributed by atoms with van der Waals surface area (Å²) in [5.41, 5.74) is 0.102. The number of nitrogens with one attached hydrogen (secondary N) is 3. The van der Waals surface area contributed by atoms with Gasteiger partial charge in [-0.1, -0.05) is 48.4 Å². The zero-order valence-corrected chi connectivity index (χ0v) is 25.8. The van der Waals surface area contributed by atoms with Gasteiger partial charge in [-0.3, -0.25) is 19.2 Å². The van der Waals surface area contributed by atoms with Crippen molar-refractivity contribution in [1.82, 2.24) is 16.0 Å². The fourth-order valence-corrected chi connectivity index (χ4v) is 5.00. The molecule has 11 nitrogen and oxygen atoms in total. The topological polar surface area (TPSA) is 145 Å². The highest BCUT2D eigenvalue weighted by molar-refractivity contribution is 6.30. The van der Waals surface area contributed by atoms with Gasteiger partial charge in [0.2, 0.25) is 11.8 Å². The third kappa shape index (κ3) is 9.49. The van der Waals surface area contributed by atoms with Crippen molar-refractivity contribution in [2.45, 2.75) is 62.8 Å². The van der Waals surface area contributed by atoms with Crippen LogP contribution in [0.3, 0.4) is 0 Å². The molecule has 12 heteroatoms. The number of carbonyl (C=O) groups is 4. The monoisotopic (exact) mass is 629 g/mol. The Labute approximate surface area is 262 Å². The number of hydrogen-bond donors (Lipinski definition) is 3. The number of benzene rings is 2. The predicted molar refractivity (Wildman–Crippen MR) is 163 cm³/mol. The molecule has 0 aromatic heterocycles. The van der Waals surface area contributed by atoms with Crippen LogP contribution in [-0.4, -0.2) is 87.4 Å². The van der Waals surface area contributed by atoms with E-state index in [4.69, 9.17) is 30.5 Å². The number of ketones is 1. The lowest BCUT2D eigenvalue weighted by Crippen LogP contribution is -2.59. The Morgan fingerprint density at radius 1 is 1.07 bits per heavy atom. The van der Waals surface area contributed by atoms with Crippen molar-refractivity contribution in [2.75, 3.05) is 40.1 Å². The van der Waals surface area contributed by atoms with Crippen LogP contribution in [0.15, 0.2) is 48.5 Å². The molecule has 1 saturated heterocycles. The van der Waals surface area contributed by atoms with Crippen molar-refractivity contribution >= 4 is 35.1 Å². The molecule has 3 amide bonds. The second-order valence-electron chi connectivity index (χ2n) is 11.2. The normalized spacial score (nSPS) is 24.0. The molecule has 0 unspecified atom stereocenters. The zero-order chi connectivity index (χ0) is 31.5. The summed E-state index contributed by atoms with van der Waals surface area (Å²) in [6.45, 7) is 2.42. The SMILES string of the molecule is COC[C@@H]1NC(=O)c2ccc(Cl)cc2OCCCCCCOC[C@@H](C(=O)N[C@@H](Cc2ccccc2)C(=O)[C@@]2(C)CO2)NC1=O. The van der Waals surface area contributed by atoms with E-state index in [1.807, 2.05) is 30.3 Å². The maximum atomic E-state index is 13.7. The summed E-state index contributed by atoms with van der Waals surface area (Å²) in [6, 6.07) is 10.8. The first-order valence-electron chi connectivity index (χ1n) is 14.8. The first kappa shape index (κ1) is 33.4. The molecule has 44 heavy (non-hydrogen) atoms. The number of amides is 3. The van der Waals surface area contributed by atoms with Gasteiger partial charge in [0.15, 0.2) is 5.78 Å². The Kier molecular flexibility index (Phi) is 12.1. The Morgan fingerprint density at radius 2 is 1.80 bits per heavy atom. The molecule has 0 radical (unpaired) electrons. The quantitative estimate of drug-likeness (QED) is 0.378. The van der Waals surface area contributed by atoms with Gasteiger partial charge in [0.1, 0.15) is 23.4 Å². The van der Waals surface area contributed by atoms with E-state index in [2.05, 4.69) is 16.0 Å². The molecule has 4 atom stereocenters. The van der Waals surface area contributed by atoms with Gasteiger partial charge < -0.3 is 34.9 Å². The summed E-state index contributed by atoms with van der Waals surface area (Å²) >= 11 is 6.16. The molecule has 0 aliphatic carbocycles. The van der Waals surface area contributed by atoms with E-state index in [9.17, 15) is 19.2 Å². The fraction of sp³-hybridized carbons (Fsp3) is 0.500. The third-order valence-electron chi connectivity index (χ3n) is 7.52. The van der Waals surface area contributed by atoms with Gasteiger partial charge in [-0.2, -0.15) is 0 Å². The molecule has 2 aliphatic heterocycles. The molecule has 1 fully saturated rings. The molecule has 3 N–H and O–H groups in total. The fourth-order valence-electron chi connectivity index (χ4n) is 4.84. The molecule has 2 heterocycles. The van der Waals surface area contributed by atoms with Crippen LogP contribution < -0.4 is 20.7 Å². The predicted octanol–water partition coefficient (Wildman–Crippen LogP) is 2.62. The van der Waals surface area contributed by atoms with E-state index in [1.165, 1.54) is 13.2 Å². The molecule has 238 valence electrons. The van der Waals surface area contributed by atoms with Crippen LogP contribution in [0, 0.1) is 0 Å². The number of hydrogen-bond acceptors (Lipinski definition) is 8. The summed E-state index contributed by atoms with van der Waals surface area (Å²) < 4.78 is 22.3. The van der Waals surface area contributed by atoms with Crippen LogP contribution in [0.1, 0.15) is 48.5 Å². The van der Waals surface area contributed by atoms with Crippen LogP contribution in [0.25, 0.3) is 0 Å². The van der Waals surface area contributed by atoms with Gasteiger partial charge in [-0.15, -0.1) is 0 Å². The van der Waals surface area contributed by atoms with Crippen LogP contribution >= 0.6 is 11.6 Å². The highest BCUT2D eigenvalue weighted by atomic mass is 35.5. The summed E-state index contributed by atoms with van der Waals surface area (Å²) in [5, 5.41) is 8.61. The van der Waals surface area contributed by atoms with E-state index >= 15 is 0 Å². The van der Waals surface area contributed by atoms with Gasteiger partial charge in [-0.05, 0) is 56.4 Å². The van der Waals surface area contributed by atoms with Crippen LogP contribution in [-0.2, 0) is 35.0 Å². The minimum absolute atomic E-state index is 0.129. The third-order valence-corrected chi connectivity index (χ3v) is 7.75. The second-order valence-corrected chi connectivity index (χ2v) is 11.6. The smallest absolute Gasteiger partial charge is 0.255 e. The Hall–Kier alpha value is -3.51. The van der Waals surface area contributed by atoms with Crippen molar-refractivity contribution in [1.29, 1.82) is 0 Å². The van der Waals surface area contributed by atoms with E-state index in [1.54, 1.807) is 19.1 Å². The van der Waals surface area contributed by atoms with E-state index in [-0.39, 0.29) is 37.6 Å². The number of ether oxygens (including phenoxy) is 4. The lowest BCUT2D eigenvalue weighted by Gasteiger charge is -2.26. The minimum atomic E-state index is -1.15. The number of halogens is 1. The standard InChI is InChI=1S/C32H40ClN3O8/c1-32(20-44-32)28(37)24(16-21-10-6-5-7-11-21)34-31(40)26-19-42-14-8-3-4-9-15-43-27-17-22(33)12-13-23(27)29(38)35-25(18-41-2)30(39)36-26/h5-7,10-13,17,24-26H,3-4,8-9,14-16,18-20H2,1-2H3,(H,34,40)(H,35,38)(H,36,39)/t24-,25-,26-,32+/m0/s1. The summed E-state index contributed by atoms with van der Waals surface area (Å²) in [6.07, 6.45) is 3.47. The average Bonchev–Trinajstić information content (AvgIpc) is 3.76. The highest BCUT2D eigenvalue weighted by Gasteiger charge is 2.50. The van der Waals surface area contributed by atoms with Crippen LogP contribution in [0.4, 0.5) is 0 Å². The van der Waals surface area contributed by atoms with Crippen molar-refractivity contribution in [2.24, 2.45) is 0 Å². The van der Waals surface area contributed by atoms with Gasteiger partial charge in [0.05, 0.1) is 38.0 Å². The van der Waals surface area contributed by atoms with Gasteiger partial charge in [0.25, 0.3) is 5.91 Å². The molecule has 2 aliphatic rings. The first-order valence-corrected chi connectivity index (χ1v) is 15.2. The number of fused-ring (bicyclic) bond motifs is 1. The summed E-state index contributed by atoms with van der Waals surface area (Å²) in [5.74, 6) is -1.77. The van der Waals surface area contributed by atoms with Crippen LogP contribution in [0.2, 0.25) is 5.02 Å². The van der Waals surface area contributed by atoms with Gasteiger partial charge >= 0.3 is 0 Å². The summed E-state index contributed by atoms with van der Waals surface area (Å²) in [7, 11) is 1.40. The molecule has 2 aromatic rings. The van der Waals surface area contributed by atoms with Crippen molar-refractivity contribution < 1.29 is 38.1 Å². The molecule has 2 aromatic carbocycles. The highest BCUT2D eigenvalue weighted by Crippen LogP contribution is 2.29. The Bertz CT molecular complexity index is 1300. The number of Topliss-reactive ketones (excluding diaryl/α,β-unsaturated/α-hetero) is 1. The average molecular weight is 630 g/mol. The summed E-state index contributed by atoms with van der Waals surface area (Å²) in [4.78, 5) is 53.8. The number of epoxide rings is 1. The molecule has 0 bridgehead atoms. The maximum absolute atomic E-state index is 13.7. The molecule has 0 saturated carbocycles. The van der Waals surface area contributed by atoms with E-state index in [0.717, 1.165) is 31.2 Å². The molecule has 4 rings (SSSR count). The van der Waals surface area contributed by atoms with E-state index < -0.39 is 41.4 Å². The maximum Gasteiger partial charge on any atom is 0.255 e. The van der Waals surface area contributed by atoms with Gasteiger partial charge in [-0.25, -0.2) is 0 Å². The zero-order valence-electron chi connectivity index (χ0n) is 25.1. The number of rotatable bonds is 8. The molecular weight excluding hydrogens is 590 g/mol. The van der Waals surface area contributed by atoms with Crippen LogP contribution in [0.5, 0.6) is 5.75 Å². The number of methoxy groups -OCH3 is 1. The van der Waals surface area contributed by atoms with Crippen molar-refractivity contribution in [3.05, 3.63) is 64.7 Å². The lowest BCUT2D eigenvalue weighted by molar-refractivity contribution is -0.134. The molecule has 0 spiro atoms. The van der Waals surface area contributed by atoms with Crippen molar-refractivity contribution in [3.8, 4) is 5.75 Å². The van der Waals surface area contributed by atoms with Gasteiger partial charge in [0, 0.05) is 18.7 Å². The largest absolute Gasteiger partial charge is 0.493 e. The lowest BCUT2D eigenvalue weighted by atomic mass is 9.94. The van der Waals surface area contributed by atoms with E-state index in [0.29, 0.717) is 24.0 Å².